The van der Waals surface area contributed by atoms with Crippen molar-refractivity contribution in [1.82, 2.24) is 10.6 Å². The molecule has 0 saturated heterocycles. The van der Waals surface area contributed by atoms with Gasteiger partial charge in [0.05, 0.1) is 5.92 Å². The fourth-order valence-electron chi connectivity index (χ4n) is 3.57. The maximum Gasteiger partial charge on any atom is 0.315 e. The van der Waals surface area contributed by atoms with E-state index in [1.54, 1.807) is 0 Å². The van der Waals surface area contributed by atoms with Crippen LogP contribution in [0.2, 0.25) is 0 Å². The number of amides is 2. The first kappa shape index (κ1) is 16.1. The number of nitrogens with one attached hydrogen (secondary N) is 2. The molecule has 2 amide bonds. The predicted octanol–water partition coefficient (Wildman–Crippen LogP) is 2.47. The van der Waals surface area contributed by atoms with E-state index in [0.29, 0.717) is 18.4 Å². The molecule has 0 radical (unpaired) electrons. The highest BCUT2D eigenvalue weighted by molar-refractivity contribution is 5.77. The molecule has 120 valence electrons. The molecule has 0 aromatic heterocycles. The van der Waals surface area contributed by atoms with Crippen molar-refractivity contribution in [2.75, 3.05) is 6.54 Å². The Morgan fingerprint density at radius 3 is 2.43 bits per heavy atom. The quantitative estimate of drug-likeness (QED) is 0.729. The normalized spacial score (nSPS) is 31.5. The number of hydrogen-bond donors (Lipinski definition) is 3. The Bertz CT molecular complexity index is 420. The van der Waals surface area contributed by atoms with Gasteiger partial charge in [0.25, 0.3) is 0 Å². The highest BCUT2D eigenvalue weighted by Crippen LogP contribution is 2.48. The molecule has 5 nitrogen and oxygen atoms in total. The molecule has 2 aliphatic rings. The van der Waals surface area contributed by atoms with Crippen molar-refractivity contribution < 1.29 is 14.7 Å². The molecule has 0 aliphatic heterocycles. The van der Waals surface area contributed by atoms with Crippen molar-refractivity contribution in [1.29, 1.82) is 0 Å². The molecule has 4 atom stereocenters. The van der Waals surface area contributed by atoms with Crippen molar-refractivity contribution in [3.05, 3.63) is 0 Å². The largest absolute Gasteiger partial charge is 0.481 e. The lowest BCUT2D eigenvalue weighted by atomic mass is 9.81. The van der Waals surface area contributed by atoms with Gasteiger partial charge in [-0.3, -0.25) is 4.79 Å². The zero-order valence-electron chi connectivity index (χ0n) is 13.5. The number of carboxylic acid groups (broad SMARTS) is 1. The topological polar surface area (TPSA) is 78.4 Å². The molecule has 4 unspecified atom stereocenters. The van der Waals surface area contributed by atoms with Crippen molar-refractivity contribution in [3.8, 4) is 0 Å². The minimum absolute atomic E-state index is 0.0260. The molecule has 2 saturated carbocycles. The summed E-state index contributed by atoms with van der Waals surface area (Å²) in [6.07, 6.45) is 2.97. The van der Waals surface area contributed by atoms with Crippen LogP contribution in [0.1, 0.15) is 47.0 Å². The minimum Gasteiger partial charge on any atom is -0.481 e. The smallest absolute Gasteiger partial charge is 0.315 e. The fourth-order valence-corrected chi connectivity index (χ4v) is 3.57. The van der Waals surface area contributed by atoms with Gasteiger partial charge in [0.1, 0.15) is 0 Å². The first-order chi connectivity index (χ1) is 9.72. The molecule has 0 aromatic rings. The maximum absolute atomic E-state index is 12.1. The third-order valence-corrected chi connectivity index (χ3v) is 5.77. The van der Waals surface area contributed by atoms with Crippen LogP contribution in [0.3, 0.4) is 0 Å². The third kappa shape index (κ3) is 3.33. The molecule has 2 rings (SSSR count). The molecule has 5 heteroatoms. The van der Waals surface area contributed by atoms with Crippen LogP contribution in [0.4, 0.5) is 4.79 Å². The third-order valence-electron chi connectivity index (χ3n) is 5.77. The average molecular weight is 296 g/mol. The molecular weight excluding hydrogens is 268 g/mol. The number of carbonyl (C=O) groups excluding carboxylic acids is 1. The van der Waals surface area contributed by atoms with E-state index in [0.717, 1.165) is 19.3 Å². The minimum atomic E-state index is -0.769. The van der Waals surface area contributed by atoms with Gasteiger partial charge in [-0.15, -0.1) is 0 Å². The zero-order valence-corrected chi connectivity index (χ0v) is 13.5. The number of rotatable bonds is 5. The number of aliphatic carboxylic acids is 1. The molecule has 21 heavy (non-hydrogen) atoms. The Hall–Kier alpha value is -1.26. The number of hydrogen-bond acceptors (Lipinski definition) is 2. The predicted molar refractivity (Wildman–Crippen MR) is 80.9 cm³/mol. The summed E-state index contributed by atoms with van der Waals surface area (Å²) in [6, 6.07) is -0.434. The highest BCUT2D eigenvalue weighted by Gasteiger charge is 2.51. The summed E-state index contributed by atoms with van der Waals surface area (Å²) >= 11 is 0. The van der Waals surface area contributed by atoms with Gasteiger partial charge in [-0.1, -0.05) is 27.7 Å². The molecule has 0 heterocycles. The van der Waals surface area contributed by atoms with Gasteiger partial charge in [-0.05, 0) is 42.4 Å². The second-order valence-corrected chi connectivity index (χ2v) is 7.69. The van der Waals surface area contributed by atoms with E-state index in [4.69, 9.17) is 0 Å². The molecule has 3 N–H and O–H groups in total. The highest BCUT2D eigenvalue weighted by atomic mass is 16.4. The number of urea groups is 1. The summed E-state index contributed by atoms with van der Waals surface area (Å²) in [4.78, 5) is 23.5. The lowest BCUT2D eigenvalue weighted by Crippen LogP contribution is -2.51. The van der Waals surface area contributed by atoms with E-state index >= 15 is 0 Å². The molecule has 0 spiro atoms. The van der Waals surface area contributed by atoms with Crippen LogP contribution in [0, 0.1) is 29.1 Å². The Labute approximate surface area is 126 Å². The Morgan fingerprint density at radius 1 is 1.24 bits per heavy atom. The summed E-state index contributed by atoms with van der Waals surface area (Å²) < 4.78 is 0. The van der Waals surface area contributed by atoms with Crippen molar-refractivity contribution >= 4 is 12.0 Å². The van der Waals surface area contributed by atoms with Crippen LogP contribution < -0.4 is 10.6 Å². The summed E-state index contributed by atoms with van der Waals surface area (Å²) in [6.45, 7) is 9.10. The van der Waals surface area contributed by atoms with Crippen LogP contribution in [0.25, 0.3) is 0 Å². The standard InChI is InChI=1S/C16H28N2O3/c1-9(2)16(3,4)8-17-15(21)18-13-11-6-5-10(7-11)12(13)14(19)20/h9-13H,5-8H2,1-4H3,(H,19,20)(H2,17,18,21). The average Bonchev–Trinajstić information content (AvgIpc) is 2.96. The van der Waals surface area contributed by atoms with Crippen LogP contribution in [-0.2, 0) is 4.79 Å². The summed E-state index contributed by atoms with van der Waals surface area (Å²) in [5.41, 5.74) is 0.0260. The van der Waals surface area contributed by atoms with Crippen molar-refractivity contribution in [2.24, 2.45) is 29.1 Å². The van der Waals surface area contributed by atoms with Gasteiger partial charge >= 0.3 is 12.0 Å². The van der Waals surface area contributed by atoms with Gasteiger partial charge < -0.3 is 15.7 Å². The fraction of sp³-hybridized carbons (Fsp3) is 0.875. The van der Waals surface area contributed by atoms with Gasteiger partial charge in [0.15, 0.2) is 0 Å². The van der Waals surface area contributed by atoms with E-state index < -0.39 is 11.9 Å². The first-order valence-electron chi connectivity index (χ1n) is 7.99. The van der Waals surface area contributed by atoms with Crippen LogP contribution in [0.5, 0.6) is 0 Å². The van der Waals surface area contributed by atoms with E-state index in [9.17, 15) is 14.7 Å². The molecule has 2 aliphatic carbocycles. The molecular formula is C16H28N2O3. The lowest BCUT2D eigenvalue weighted by Gasteiger charge is -2.31. The van der Waals surface area contributed by atoms with E-state index in [1.807, 2.05) is 0 Å². The summed E-state index contributed by atoms with van der Waals surface area (Å²) in [7, 11) is 0. The van der Waals surface area contributed by atoms with E-state index in [-0.39, 0.29) is 23.4 Å². The van der Waals surface area contributed by atoms with Crippen LogP contribution >= 0.6 is 0 Å². The van der Waals surface area contributed by atoms with Crippen LogP contribution in [0.15, 0.2) is 0 Å². The van der Waals surface area contributed by atoms with Gasteiger partial charge in [-0.25, -0.2) is 4.79 Å². The lowest BCUT2D eigenvalue weighted by molar-refractivity contribution is -0.144. The van der Waals surface area contributed by atoms with Crippen molar-refractivity contribution in [3.63, 3.8) is 0 Å². The molecule has 0 aromatic carbocycles. The van der Waals surface area contributed by atoms with Gasteiger partial charge in [0.2, 0.25) is 0 Å². The van der Waals surface area contributed by atoms with E-state index in [2.05, 4.69) is 38.3 Å². The first-order valence-corrected chi connectivity index (χ1v) is 7.99. The SMILES string of the molecule is CC(C)C(C)(C)CNC(=O)NC1C2CCC(C2)C1C(=O)O. The monoisotopic (exact) mass is 296 g/mol. The second kappa shape index (κ2) is 5.85. The Kier molecular flexibility index (Phi) is 4.49. The molecule has 2 fully saturated rings. The van der Waals surface area contributed by atoms with E-state index in [1.165, 1.54) is 0 Å². The van der Waals surface area contributed by atoms with Crippen LogP contribution in [-0.4, -0.2) is 29.7 Å². The van der Waals surface area contributed by atoms with Gasteiger partial charge in [0, 0.05) is 12.6 Å². The zero-order chi connectivity index (χ0) is 15.8. The second-order valence-electron chi connectivity index (χ2n) is 7.69. The van der Waals surface area contributed by atoms with Crippen molar-refractivity contribution in [2.45, 2.75) is 53.0 Å². The van der Waals surface area contributed by atoms with Gasteiger partial charge in [-0.2, -0.15) is 0 Å². The summed E-state index contributed by atoms with van der Waals surface area (Å²) in [5, 5.41) is 15.2. The summed E-state index contributed by atoms with van der Waals surface area (Å²) in [5.74, 6) is -0.139. The Morgan fingerprint density at radius 2 is 1.86 bits per heavy atom. The number of carbonyl (C=O) groups is 2. The Balaban J connectivity index is 1.89. The maximum atomic E-state index is 12.1. The molecule has 2 bridgehead atoms. The number of carboxylic acids is 1. The number of fused-ring (bicyclic) bond motifs is 2.